The zero-order valence-electron chi connectivity index (χ0n) is 15.2. The summed E-state index contributed by atoms with van der Waals surface area (Å²) in [7, 11) is -3.46. The van der Waals surface area contributed by atoms with Crippen molar-refractivity contribution >= 4 is 53.5 Å². The van der Waals surface area contributed by atoms with Crippen LogP contribution in [0.5, 0.6) is 5.75 Å². The lowest BCUT2D eigenvalue weighted by Gasteiger charge is -2.16. The van der Waals surface area contributed by atoms with Gasteiger partial charge in [0, 0.05) is 23.2 Å². The molecule has 0 unspecified atom stereocenters. The molecule has 0 radical (unpaired) electrons. The quantitative estimate of drug-likeness (QED) is 0.602. The summed E-state index contributed by atoms with van der Waals surface area (Å²) < 4.78 is 33.8. The van der Waals surface area contributed by atoms with E-state index < -0.39 is 10.0 Å². The number of hydrogen-bond donors (Lipinski definition) is 1. The van der Waals surface area contributed by atoms with Crippen molar-refractivity contribution in [1.29, 1.82) is 0 Å². The molecule has 2 aromatic rings. The molecule has 1 aliphatic rings. The van der Waals surface area contributed by atoms with Crippen LogP contribution in [-0.2, 0) is 14.8 Å². The minimum atomic E-state index is -3.46. The Balaban J connectivity index is 1.60. The number of rotatable bonds is 6. The summed E-state index contributed by atoms with van der Waals surface area (Å²) in [6, 6.07) is 9.94. The average Bonchev–Trinajstić information content (AvgIpc) is 3.17. The first-order valence-corrected chi connectivity index (χ1v) is 11.8. The normalized spacial score (nSPS) is 14.8. The van der Waals surface area contributed by atoms with E-state index in [1.165, 1.54) is 16.4 Å². The molecule has 1 heterocycles. The highest BCUT2D eigenvalue weighted by Gasteiger charge is 2.26. The lowest BCUT2D eigenvalue weighted by molar-refractivity contribution is -0.118. The number of halogens is 2. The highest BCUT2D eigenvalue weighted by Crippen LogP contribution is 2.32. The number of nitrogens with zero attached hydrogens (tertiary/aromatic N) is 1. The molecule has 0 saturated carbocycles. The summed E-state index contributed by atoms with van der Waals surface area (Å²) in [5.74, 6) is 0.273. The number of hydrogen-bond acceptors (Lipinski definition) is 4. The number of sulfonamides is 1. The van der Waals surface area contributed by atoms with Gasteiger partial charge in [-0.1, -0.05) is 15.9 Å². The standard InChI is InChI=1S/C19H20Br2N2O4S/c1-13-10-14(20)11-17(21)19(13)27-12-18(24)22-15-4-6-16(7-5-15)28(25,26)23-8-2-3-9-23/h4-7,10-11H,2-3,8-9,12H2,1H3,(H,22,24). The van der Waals surface area contributed by atoms with Crippen molar-refractivity contribution in [2.45, 2.75) is 24.7 Å². The summed E-state index contributed by atoms with van der Waals surface area (Å²) in [5, 5.41) is 2.71. The number of aryl methyl sites for hydroxylation is 1. The summed E-state index contributed by atoms with van der Waals surface area (Å²) >= 11 is 6.82. The van der Waals surface area contributed by atoms with Crippen LogP contribution in [0.1, 0.15) is 18.4 Å². The zero-order chi connectivity index (χ0) is 20.3. The van der Waals surface area contributed by atoms with Gasteiger partial charge < -0.3 is 10.1 Å². The van der Waals surface area contributed by atoms with Gasteiger partial charge in [-0.25, -0.2) is 8.42 Å². The van der Waals surface area contributed by atoms with Gasteiger partial charge in [0.2, 0.25) is 10.0 Å². The van der Waals surface area contributed by atoms with Gasteiger partial charge in [0.1, 0.15) is 5.75 Å². The van der Waals surface area contributed by atoms with E-state index in [1.807, 2.05) is 19.1 Å². The van der Waals surface area contributed by atoms with Crippen LogP contribution in [0.2, 0.25) is 0 Å². The van der Waals surface area contributed by atoms with E-state index in [0.717, 1.165) is 27.4 Å². The molecule has 1 fully saturated rings. The van der Waals surface area contributed by atoms with Gasteiger partial charge >= 0.3 is 0 Å². The number of amides is 1. The second-order valence-electron chi connectivity index (χ2n) is 6.51. The fraction of sp³-hybridized carbons (Fsp3) is 0.316. The van der Waals surface area contributed by atoms with Crippen LogP contribution in [-0.4, -0.2) is 38.3 Å². The largest absolute Gasteiger partial charge is 0.482 e. The maximum Gasteiger partial charge on any atom is 0.262 e. The molecular formula is C19H20Br2N2O4S. The molecule has 2 aromatic carbocycles. The van der Waals surface area contributed by atoms with Gasteiger partial charge in [-0.05, 0) is 77.7 Å². The van der Waals surface area contributed by atoms with Crippen LogP contribution in [0.3, 0.4) is 0 Å². The van der Waals surface area contributed by atoms with E-state index in [0.29, 0.717) is 24.5 Å². The molecule has 1 amide bonds. The van der Waals surface area contributed by atoms with E-state index in [-0.39, 0.29) is 17.4 Å². The summed E-state index contributed by atoms with van der Waals surface area (Å²) in [6.45, 7) is 2.85. The molecule has 3 rings (SSSR count). The molecule has 0 spiro atoms. The first-order chi connectivity index (χ1) is 13.3. The van der Waals surface area contributed by atoms with Crippen LogP contribution in [0.15, 0.2) is 50.2 Å². The van der Waals surface area contributed by atoms with E-state index in [1.54, 1.807) is 12.1 Å². The first-order valence-electron chi connectivity index (χ1n) is 8.76. The third kappa shape index (κ3) is 4.94. The van der Waals surface area contributed by atoms with Gasteiger partial charge in [0.15, 0.2) is 6.61 Å². The lowest BCUT2D eigenvalue weighted by Crippen LogP contribution is -2.27. The molecule has 9 heteroatoms. The highest BCUT2D eigenvalue weighted by molar-refractivity contribution is 9.11. The Kier molecular flexibility index (Phi) is 6.80. The Morgan fingerprint density at radius 1 is 1.14 bits per heavy atom. The van der Waals surface area contributed by atoms with Crippen LogP contribution >= 0.6 is 31.9 Å². The Bertz CT molecular complexity index is 949. The van der Waals surface area contributed by atoms with Crippen molar-refractivity contribution in [3.63, 3.8) is 0 Å². The summed E-state index contributed by atoms with van der Waals surface area (Å²) in [5.41, 5.74) is 1.41. The molecule has 0 aromatic heterocycles. The SMILES string of the molecule is Cc1cc(Br)cc(Br)c1OCC(=O)Nc1ccc(S(=O)(=O)N2CCCC2)cc1. The number of carbonyl (C=O) groups is 1. The Hall–Kier alpha value is -1.42. The predicted molar refractivity (Wildman–Crippen MR) is 115 cm³/mol. The monoisotopic (exact) mass is 530 g/mol. The summed E-state index contributed by atoms with van der Waals surface area (Å²) in [4.78, 5) is 12.4. The van der Waals surface area contributed by atoms with Crippen LogP contribution in [0, 0.1) is 6.92 Å². The Labute approximate surface area is 181 Å². The Morgan fingerprint density at radius 3 is 2.39 bits per heavy atom. The van der Waals surface area contributed by atoms with Gasteiger partial charge in [-0.3, -0.25) is 4.79 Å². The van der Waals surface area contributed by atoms with Crippen molar-refractivity contribution in [2.24, 2.45) is 0 Å². The molecule has 28 heavy (non-hydrogen) atoms. The molecule has 6 nitrogen and oxygen atoms in total. The van der Waals surface area contributed by atoms with Crippen molar-refractivity contribution in [1.82, 2.24) is 4.31 Å². The van der Waals surface area contributed by atoms with E-state index >= 15 is 0 Å². The van der Waals surface area contributed by atoms with Crippen molar-refractivity contribution in [3.05, 3.63) is 50.9 Å². The molecule has 150 valence electrons. The van der Waals surface area contributed by atoms with Crippen LogP contribution in [0.25, 0.3) is 0 Å². The number of carbonyl (C=O) groups excluding carboxylic acids is 1. The fourth-order valence-electron chi connectivity index (χ4n) is 2.99. The lowest BCUT2D eigenvalue weighted by atomic mass is 10.2. The van der Waals surface area contributed by atoms with Gasteiger partial charge in [-0.2, -0.15) is 4.31 Å². The van der Waals surface area contributed by atoms with Crippen LogP contribution in [0.4, 0.5) is 5.69 Å². The average molecular weight is 532 g/mol. The van der Waals surface area contributed by atoms with E-state index in [9.17, 15) is 13.2 Å². The highest BCUT2D eigenvalue weighted by atomic mass is 79.9. The number of benzene rings is 2. The maximum absolute atomic E-state index is 12.5. The molecule has 1 saturated heterocycles. The molecule has 0 aliphatic carbocycles. The van der Waals surface area contributed by atoms with Gasteiger partial charge in [0.05, 0.1) is 9.37 Å². The third-order valence-corrected chi connectivity index (χ3v) is 7.34. The first kappa shape index (κ1) is 21.3. The predicted octanol–water partition coefficient (Wildman–Crippen LogP) is 4.32. The third-order valence-electron chi connectivity index (χ3n) is 4.38. The Morgan fingerprint density at radius 2 is 1.79 bits per heavy atom. The van der Waals surface area contributed by atoms with Gasteiger partial charge in [-0.15, -0.1) is 0 Å². The molecular weight excluding hydrogens is 512 g/mol. The molecule has 0 atom stereocenters. The van der Waals surface area contributed by atoms with E-state index in [2.05, 4.69) is 37.2 Å². The number of ether oxygens (including phenoxy) is 1. The second kappa shape index (κ2) is 8.94. The molecule has 0 bridgehead atoms. The fourth-order valence-corrected chi connectivity index (χ4v) is 6.06. The number of nitrogens with one attached hydrogen (secondary N) is 1. The van der Waals surface area contributed by atoms with Crippen molar-refractivity contribution in [3.8, 4) is 5.75 Å². The van der Waals surface area contributed by atoms with Gasteiger partial charge in [0.25, 0.3) is 5.91 Å². The van der Waals surface area contributed by atoms with Crippen molar-refractivity contribution < 1.29 is 17.9 Å². The second-order valence-corrected chi connectivity index (χ2v) is 10.2. The molecule has 1 N–H and O–H groups in total. The maximum atomic E-state index is 12.5. The minimum absolute atomic E-state index is 0.158. The number of anilines is 1. The van der Waals surface area contributed by atoms with Crippen LogP contribution < -0.4 is 10.1 Å². The smallest absolute Gasteiger partial charge is 0.262 e. The topological polar surface area (TPSA) is 75.7 Å². The van der Waals surface area contributed by atoms with Crippen molar-refractivity contribution in [2.75, 3.05) is 25.0 Å². The summed E-state index contributed by atoms with van der Waals surface area (Å²) in [6.07, 6.45) is 1.78. The molecule has 1 aliphatic heterocycles. The minimum Gasteiger partial charge on any atom is -0.482 e. The van der Waals surface area contributed by atoms with E-state index in [4.69, 9.17) is 4.74 Å². The zero-order valence-corrected chi connectivity index (χ0v) is 19.2.